The van der Waals surface area contributed by atoms with Gasteiger partial charge in [-0.15, -0.1) is 0 Å². The molecule has 0 aromatic heterocycles. The van der Waals surface area contributed by atoms with Gasteiger partial charge in [-0.25, -0.2) is 8.42 Å². The van der Waals surface area contributed by atoms with Crippen LogP contribution in [0.3, 0.4) is 0 Å². The molecule has 0 aromatic carbocycles. The topological polar surface area (TPSA) is 64.2 Å². The second-order valence-electron chi connectivity index (χ2n) is 8.26. The minimum absolute atomic E-state index is 0.0802. The van der Waals surface area contributed by atoms with Crippen LogP contribution in [0.25, 0.3) is 0 Å². The minimum atomic E-state index is -3.11. The number of nitrogens with zero attached hydrogens (tertiary/aromatic N) is 4. The molecule has 2 fully saturated rings. The Morgan fingerprint density at radius 3 is 1.44 bits per heavy atom. The zero-order valence-electron chi connectivity index (χ0n) is 16.6. The summed E-state index contributed by atoms with van der Waals surface area (Å²) < 4.78 is 25.0. The fourth-order valence-corrected chi connectivity index (χ4v) is 4.76. The molecular formula is C17H34N4O3S. The first kappa shape index (κ1) is 20.6. The second kappa shape index (κ2) is 7.13. The second-order valence-corrected chi connectivity index (χ2v) is 10.2. The van der Waals surface area contributed by atoms with Gasteiger partial charge in [0.15, 0.2) is 0 Å². The number of amides is 1. The third kappa shape index (κ3) is 4.18. The number of hydrogen-bond acceptors (Lipinski definition) is 5. The lowest BCUT2D eigenvalue weighted by Gasteiger charge is -2.57. The molecule has 7 nitrogen and oxygen atoms in total. The van der Waals surface area contributed by atoms with Gasteiger partial charge >= 0.3 is 0 Å². The smallest absolute Gasteiger partial charge is 0.219 e. The first-order valence-corrected chi connectivity index (χ1v) is 10.9. The van der Waals surface area contributed by atoms with Gasteiger partial charge in [0.05, 0.1) is 6.26 Å². The molecule has 8 heteroatoms. The average molecular weight is 375 g/mol. The van der Waals surface area contributed by atoms with Crippen LogP contribution in [-0.4, -0.2) is 103 Å². The Bertz CT molecular complexity index is 587. The van der Waals surface area contributed by atoms with Gasteiger partial charge in [0.25, 0.3) is 0 Å². The van der Waals surface area contributed by atoms with Gasteiger partial charge in [0, 0.05) is 70.4 Å². The van der Waals surface area contributed by atoms with Crippen LogP contribution in [0.4, 0.5) is 0 Å². The first-order valence-electron chi connectivity index (χ1n) is 9.08. The van der Waals surface area contributed by atoms with Crippen molar-refractivity contribution >= 4 is 15.9 Å². The van der Waals surface area contributed by atoms with Crippen LogP contribution in [0.2, 0.25) is 0 Å². The van der Waals surface area contributed by atoms with Gasteiger partial charge in [-0.2, -0.15) is 4.31 Å². The lowest BCUT2D eigenvalue weighted by atomic mass is 9.78. The summed E-state index contributed by atoms with van der Waals surface area (Å²) in [6, 6.07) is 0. The van der Waals surface area contributed by atoms with Crippen LogP contribution >= 0.6 is 0 Å². The molecule has 2 aliphatic rings. The third-order valence-corrected chi connectivity index (χ3v) is 7.81. The standard InChI is InChI=1S/C17H34N4O3S/c1-15(22)18-7-9-19(10-8-18)16(2,3)17(4,5)20-11-13-21(14-12-20)25(6,23)24/h7-14H2,1-6H3. The van der Waals surface area contributed by atoms with Crippen molar-refractivity contribution in [2.24, 2.45) is 0 Å². The zero-order valence-corrected chi connectivity index (χ0v) is 17.4. The molecule has 0 saturated carbocycles. The number of hydrogen-bond donors (Lipinski definition) is 0. The summed E-state index contributed by atoms with van der Waals surface area (Å²) in [5, 5.41) is 0. The highest BCUT2D eigenvalue weighted by Crippen LogP contribution is 2.35. The summed E-state index contributed by atoms with van der Waals surface area (Å²) in [7, 11) is -3.11. The lowest BCUT2D eigenvalue weighted by molar-refractivity contribution is -0.133. The molecule has 1 amide bonds. The van der Waals surface area contributed by atoms with E-state index in [-0.39, 0.29) is 17.0 Å². The number of piperazine rings is 2. The van der Waals surface area contributed by atoms with Crippen molar-refractivity contribution in [2.75, 3.05) is 58.6 Å². The molecule has 25 heavy (non-hydrogen) atoms. The van der Waals surface area contributed by atoms with Crippen LogP contribution in [0.1, 0.15) is 34.6 Å². The Labute approximate surface area is 153 Å². The van der Waals surface area contributed by atoms with Gasteiger partial charge in [0.1, 0.15) is 0 Å². The fraction of sp³-hybridized carbons (Fsp3) is 0.941. The van der Waals surface area contributed by atoms with Crippen molar-refractivity contribution < 1.29 is 13.2 Å². The van der Waals surface area contributed by atoms with E-state index in [2.05, 4.69) is 37.5 Å². The van der Waals surface area contributed by atoms with Gasteiger partial charge in [-0.1, -0.05) is 0 Å². The average Bonchev–Trinajstić information content (AvgIpc) is 2.54. The van der Waals surface area contributed by atoms with Crippen molar-refractivity contribution in [2.45, 2.75) is 45.7 Å². The van der Waals surface area contributed by atoms with E-state index in [4.69, 9.17) is 0 Å². The Kier molecular flexibility index (Phi) is 5.88. The van der Waals surface area contributed by atoms with E-state index in [0.29, 0.717) is 13.1 Å². The maximum Gasteiger partial charge on any atom is 0.219 e. The number of carbonyl (C=O) groups is 1. The molecule has 0 radical (unpaired) electrons. The van der Waals surface area contributed by atoms with Crippen LogP contribution in [0, 0.1) is 0 Å². The molecule has 0 N–H and O–H groups in total. The Morgan fingerprint density at radius 1 is 0.760 bits per heavy atom. The molecule has 2 heterocycles. The van der Waals surface area contributed by atoms with E-state index in [1.165, 1.54) is 6.26 Å². The molecule has 0 aliphatic carbocycles. The van der Waals surface area contributed by atoms with E-state index >= 15 is 0 Å². The molecule has 0 aromatic rings. The van der Waals surface area contributed by atoms with Crippen molar-refractivity contribution in [3.8, 4) is 0 Å². The third-order valence-electron chi connectivity index (χ3n) is 6.51. The number of carbonyl (C=O) groups excluding carboxylic acids is 1. The molecule has 0 spiro atoms. The molecule has 0 atom stereocenters. The van der Waals surface area contributed by atoms with Gasteiger partial charge in [0.2, 0.25) is 15.9 Å². The fourth-order valence-electron chi connectivity index (χ4n) is 3.93. The zero-order chi connectivity index (χ0) is 19.0. The van der Waals surface area contributed by atoms with E-state index in [0.717, 1.165) is 39.3 Å². The van der Waals surface area contributed by atoms with Crippen LogP contribution in [-0.2, 0) is 14.8 Å². The van der Waals surface area contributed by atoms with E-state index in [9.17, 15) is 13.2 Å². The van der Waals surface area contributed by atoms with E-state index in [1.54, 1.807) is 11.2 Å². The predicted octanol–water partition coefficient (Wildman–Crippen LogP) is 0.285. The Morgan fingerprint density at radius 2 is 1.12 bits per heavy atom. The van der Waals surface area contributed by atoms with Crippen molar-refractivity contribution in [3.05, 3.63) is 0 Å². The highest BCUT2D eigenvalue weighted by Gasteiger charge is 2.47. The molecule has 2 rings (SSSR count). The van der Waals surface area contributed by atoms with Gasteiger partial charge in [-0.3, -0.25) is 14.6 Å². The maximum absolute atomic E-state index is 11.7. The summed E-state index contributed by atoms with van der Waals surface area (Å²) in [5.41, 5.74) is -0.182. The van der Waals surface area contributed by atoms with Crippen LogP contribution in [0.15, 0.2) is 0 Å². The summed E-state index contributed by atoms with van der Waals surface area (Å²) in [6.07, 6.45) is 1.28. The van der Waals surface area contributed by atoms with Crippen molar-refractivity contribution in [1.82, 2.24) is 19.0 Å². The van der Waals surface area contributed by atoms with E-state index < -0.39 is 10.0 Å². The maximum atomic E-state index is 11.7. The van der Waals surface area contributed by atoms with Crippen LogP contribution in [0.5, 0.6) is 0 Å². The van der Waals surface area contributed by atoms with Gasteiger partial charge < -0.3 is 4.90 Å². The Hall–Kier alpha value is -0.700. The molecule has 2 aliphatic heterocycles. The molecule has 0 bridgehead atoms. The largest absolute Gasteiger partial charge is 0.340 e. The lowest BCUT2D eigenvalue weighted by Crippen LogP contribution is -2.70. The summed E-state index contributed by atoms with van der Waals surface area (Å²) in [6.45, 7) is 16.6. The van der Waals surface area contributed by atoms with E-state index in [1.807, 2.05) is 4.90 Å². The molecule has 146 valence electrons. The minimum Gasteiger partial charge on any atom is -0.340 e. The predicted molar refractivity (Wildman–Crippen MR) is 100.0 cm³/mol. The SMILES string of the molecule is CC(=O)N1CCN(C(C)(C)C(C)(C)N2CCN(S(C)(=O)=O)CC2)CC1. The highest BCUT2D eigenvalue weighted by atomic mass is 32.2. The highest BCUT2D eigenvalue weighted by molar-refractivity contribution is 7.88. The van der Waals surface area contributed by atoms with Gasteiger partial charge in [-0.05, 0) is 27.7 Å². The normalized spacial score (nSPS) is 23.0. The summed E-state index contributed by atoms with van der Waals surface area (Å²) in [5.74, 6) is 0.147. The molecular weight excluding hydrogens is 340 g/mol. The first-order chi connectivity index (χ1) is 11.4. The summed E-state index contributed by atoms with van der Waals surface area (Å²) >= 11 is 0. The Balaban J connectivity index is 2.04. The summed E-state index contributed by atoms with van der Waals surface area (Å²) in [4.78, 5) is 18.3. The van der Waals surface area contributed by atoms with Crippen molar-refractivity contribution in [3.63, 3.8) is 0 Å². The number of sulfonamides is 1. The van der Waals surface area contributed by atoms with Crippen LogP contribution < -0.4 is 0 Å². The monoisotopic (exact) mass is 374 g/mol. The molecule has 0 unspecified atom stereocenters. The number of rotatable bonds is 4. The molecule has 2 saturated heterocycles. The van der Waals surface area contributed by atoms with Crippen molar-refractivity contribution in [1.29, 1.82) is 0 Å². The quantitative estimate of drug-likeness (QED) is 0.707.